The zero-order valence-corrected chi connectivity index (χ0v) is 13.3. The fourth-order valence-corrected chi connectivity index (χ4v) is 2.81. The molecule has 1 aromatic heterocycles. The Labute approximate surface area is 144 Å². The average Bonchev–Trinajstić information content (AvgIpc) is 2.68. The van der Waals surface area contributed by atoms with Crippen molar-refractivity contribution in [1.82, 2.24) is 9.97 Å². The van der Waals surface area contributed by atoms with Crippen molar-refractivity contribution in [3.63, 3.8) is 0 Å². The Morgan fingerprint density at radius 2 is 1.60 bits per heavy atom. The molecule has 0 atom stereocenters. The normalized spacial score (nSPS) is 10.7. The SMILES string of the molecule is O=C(c1ccc(O)cc1)c1cncc(-c2cccc3ccccc23)n1. The van der Waals surface area contributed by atoms with E-state index in [0.29, 0.717) is 11.3 Å². The van der Waals surface area contributed by atoms with Crippen molar-refractivity contribution < 1.29 is 9.90 Å². The van der Waals surface area contributed by atoms with E-state index in [9.17, 15) is 9.90 Å². The molecule has 3 aromatic carbocycles. The molecule has 0 saturated heterocycles. The number of aromatic nitrogens is 2. The fourth-order valence-electron chi connectivity index (χ4n) is 2.81. The Kier molecular flexibility index (Phi) is 3.71. The van der Waals surface area contributed by atoms with Crippen LogP contribution in [-0.4, -0.2) is 20.9 Å². The highest BCUT2D eigenvalue weighted by atomic mass is 16.3. The van der Waals surface area contributed by atoms with Crippen LogP contribution in [0.4, 0.5) is 0 Å². The standard InChI is InChI=1S/C21H14N2O2/c24-16-10-8-15(9-11-16)21(25)20-13-22-12-19(23-20)18-7-3-5-14-4-1-2-6-17(14)18/h1-13,24H. The van der Waals surface area contributed by atoms with Crippen LogP contribution in [0.25, 0.3) is 22.0 Å². The molecule has 4 nitrogen and oxygen atoms in total. The van der Waals surface area contributed by atoms with Gasteiger partial charge in [0.2, 0.25) is 5.78 Å². The molecule has 1 heterocycles. The summed E-state index contributed by atoms with van der Waals surface area (Å²) < 4.78 is 0. The summed E-state index contributed by atoms with van der Waals surface area (Å²) >= 11 is 0. The number of rotatable bonds is 3. The lowest BCUT2D eigenvalue weighted by molar-refractivity contribution is 0.103. The van der Waals surface area contributed by atoms with E-state index < -0.39 is 0 Å². The Bertz CT molecular complexity index is 1070. The topological polar surface area (TPSA) is 63.1 Å². The number of aromatic hydroxyl groups is 1. The van der Waals surface area contributed by atoms with E-state index in [-0.39, 0.29) is 17.2 Å². The van der Waals surface area contributed by atoms with Crippen LogP contribution >= 0.6 is 0 Å². The maximum Gasteiger partial charge on any atom is 0.212 e. The van der Waals surface area contributed by atoms with Crippen molar-refractivity contribution in [1.29, 1.82) is 0 Å². The highest BCUT2D eigenvalue weighted by molar-refractivity contribution is 6.08. The molecule has 0 bridgehead atoms. The van der Waals surface area contributed by atoms with Crippen LogP contribution in [0.5, 0.6) is 5.75 Å². The van der Waals surface area contributed by atoms with Gasteiger partial charge in [0.05, 0.1) is 18.1 Å². The van der Waals surface area contributed by atoms with Gasteiger partial charge in [0.15, 0.2) is 0 Å². The van der Waals surface area contributed by atoms with E-state index >= 15 is 0 Å². The predicted molar refractivity (Wildman–Crippen MR) is 96.5 cm³/mol. The van der Waals surface area contributed by atoms with Gasteiger partial charge in [0.25, 0.3) is 0 Å². The number of hydrogen-bond acceptors (Lipinski definition) is 4. The first-order valence-electron chi connectivity index (χ1n) is 7.86. The lowest BCUT2D eigenvalue weighted by atomic mass is 10.0. The third-order valence-corrected chi connectivity index (χ3v) is 4.06. The molecule has 0 spiro atoms. The third kappa shape index (κ3) is 2.85. The minimum atomic E-state index is -0.227. The lowest BCUT2D eigenvalue weighted by Gasteiger charge is -2.07. The maximum absolute atomic E-state index is 12.6. The molecular formula is C21H14N2O2. The summed E-state index contributed by atoms with van der Waals surface area (Å²) in [6, 6.07) is 20.1. The Hall–Kier alpha value is -3.53. The molecule has 4 rings (SSSR count). The first-order valence-corrected chi connectivity index (χ1v) is 7.86. The maximum atomic E-state index is 12.6. The van der Waals surface area contributed by atoms with Gasteiger partial charge in [-0.1, -0.05) is 42.5 Å². The van der Waals surface area contributed by atoms with Crippen LogP contribution in [0.1, 0.15) is 16.1 Å². The second-order valence-electron chi connectivity index (χ2n) is 5.69. The van der Waals surface area contributed by atoms with Crippen molar-refractivity contribution in [2.45, 2.75) is 0 Å². The van der Waals surface area contributed by atoms with Crippen LogP contribution < -0.4 is 0 Å². The van der Waals surface area contributed by atoms with Crippen molar-refractivity contribution in [2.75, 3.05) is 0 Å². The number of ketones is 1. The molecule has 120 valence electrons. The zero-order chi connectivity index (χ0) is 17.2. The van der Waals surface area contributed by atoms with Gasteiger partial charge in [-0.2, -0.15) is 0 Å². The van der Waals surface area contributed by atoms with Gasteiger partial charge in [-0.25, -0.2) is 4.98 Å². The Morgan fingerprint density at radius 3 is 2.44 bits per heavy atom. The summed E-state index contributed by atoms with van der Waals surface area (Å²) in [5, 5.41) is 11.5. The summed E-state index contributed by atoms with van der Waals surface area (Å²) in [6.07, 6.45) is 3.12. The second-order valence-corrected chi connectivity index (χ2v) is 5.69. The number of benzene rings is 3. The molecule has 0 unspecified atom stereocenters. The number of hydrogen-bond donors (Lipinski definition) is 1. The minimum Gasteiger partial charge on any atom is -0.508 e. The molecule has 0 aliphatic heterocycles. The van der Waals surface area contributed by atoms with Crippen molar-refractivity contribution in [3.8, 4) is 17.0 Å². The fraction of sp³-hybridized carbons (Fsp3) is 0. The molecular weight excluding hydrogens is 312 g/mol. The van der Waals surface area contributed by atoms with Crippen LogP contribution in [0.2, 0.25) is 0 Å². The lowest BCUT2D eigenvalue weighted by Crippen LogP contribution is -2.05. The number of phenols is 1. The van der Waals surface area contributed by atoms with Gasteiger partial charge in [-0.15, -0.1) is 0 Å². The highest BCUT2D eigenvalue weighted by Crippen LogP contribution is 2.27. The van der Waals surface area contributed by atoms with Gasteiger partial charge >= 0.3 is 0 Å². The molecule has 1 N–H and O–H groups in total. The van der Waals surface area contributed by atoms with Gasteiger partial charge in [-0.05, 0) is 35.0 Å². The number of carbonyl (C=O) groups excluding carboxylic acids is 1. The van der Waals surface area contributed by atoms with Crippen LogP contribution in [0.15, 0.2) is 79.1 Å². The number of fused-ring (bicyclic) bond motifs is 1. The van der Waals surface area contributed by atoms with Crippen LogP contribution in [-0.2, 0) is 0 Å². The van der Waals surface area contributed by atoms with Gasteiger partial charge < -0.3 is 5.11 Å². The molecule has 4 heteroatoms. The first-order chi connectivity index (χ1) is 12.2. The van der Waals surface area contributed by atoms with Crippen LogP contribution in [0.3, 0.4) is 0 Å². The van der Waals surface area contributed by atoms with E-state index in [2.05, 4.69) is 9.97 Å². The second kappa shape index (κ2) is 6.17. The summed E-state index contributed by atoms with van der Waals surface area (Å²) in [7, 11) is 0. The molecule has 0 amide bonds. The van der Waals surface area contributed by atoms with E-state index in [0.717, 1.165) is 16.3 Å². The summed E-state index contributed by atoms with van der Waals surface area (Å²) in [6.45, 7) is 0. The Balaban J connectivity index is 1.79. The van der Waals surface area contributed by atoms with E-state index in [1.807, 2.05) is 42.5 Å². The molecule has 0 saturated carbocycles. The smallest absolute Gasteiger partial charge is 0.212 e. The predicted octanol–water partition coefficient (Wildman–Crippen LogP) is 4.23. The van der Waals surface area contributed by atoms with Gasteiger partial charge in [0.1, 0.15) is 11.4 Å². The summed E-state index contributed by atoms with van der Waals surface area (Å²) in [5.74, 6) is -0.110. The van der Waals surface area contributed by atoms with Crippen molar-refractivity contribution in [2.24, 2.45) is 0 Å². The van der Waals surface area contributed by atoms with Gasteiger partial charge in [0, 0.05) is 11.1 Å². The van der Waals surface area contributed by atoms with Crippen molar-refractivity contribution >= 4 is 16.6 Å². The van der Waals surface area contributed by atoms with E-state index in [1.165, 1.54) is 18.3 Å². The largest absolute Gasteiger partial charge is 0.508 e. The zero-order valence-electron chi connectivity index (χ0n) is 13.3. The number of carbonyl (C=O) groups is 1. The summed E-state index contributed by atoms with van der Waals surface area (Å²) in [5.41, 5.74) is 2.32. The Morgan fingerprint density at radius 1 is 0.840 bits per heavy atom. The number of phenolic OH excluding ortho intramolecular Hbond substituents is 1. The third-order valence-electron chi connectivity index (χ3n) is 4.06. The van der Waals surface area contributed by atoms with Gasteiger partial charge in [-0.3, -0.25) is 9.78 Å². The number of nitrogens with zero attached hydrogens (tertiary/aromatic N) is 2. The van der Waals surface area contributed by atoms with Crippen molar-refractivity contribution in [3.05, 3.63) is 90.4 Å². The van der Waals surface area contributed by atoms with E-state index in [4.69, 9.17) is 0 Å². The van der Waals surface area contributed by atoms with E-state index in [1.54, 1.807) is 18.3 Å². The monoisotopic (exact) mass is 326 g/mol. The summed E-state index contributed by atoms with van der Waals surface area (Å²) in [4.78, 5) is 21.3. The molecule has 0 radical (unpaired) electrons. The molecule has 0 fully saturated rings. The van der Waals surface area contributed by atoms with Crippen LogP contribution in [0, 0.1) is 0 Å². The molecule has 0 aliphatic carbocycles. The molecule has 25 heavy (non-hydrogen) atoms. The minimum absolute atomic E-state index is 0.118. The molecule has 4 aromatic rings. The quantitative estimate of drug-likeness (QED) is 0.572. The highest BCUT2D eigenvalue weighted by Gasteiger charge is 2.13. The molecule has 0 aliphatic rings. The first kappa shape index (κ1) is 15.0. The average molecular weight is 326 g/mol.